The Morgan fingerprint density at radius 1 is 1.32 bits per heavy atom. The molecular weight excluding hydrogens is 274 g/mol. The average molecular weight is 289 g/mol. The minimum absolute atomic E-state index is 0.288. The number of halogens is 3. The van der Waals surface area contributed by atoms with Gasteiger partial charge in [0.15, 0.2) is 0 Å². The number of nitrogens with one attached hydrogen (secondary N) is 1. The maximum atomic E-state index is 13.6. The van der Waals surface area contributed by atoms with Crippen molar-refractivity contribution in [2.75, 3.05) is 6.54 Å². The van der Waals surface area contributed by atoms with Crippen molar-refractivity contribution in [1.29, 1.82) is 0 Å². The van der Waals surface area contributed by atoms with Crippen LogP contribution in [0.2, 0.25) is 5.02 Å². The second-order valence-corrected chi connectivity index (χ2v) is 5.30. The molecule has 0 radical (unpaired) electrons. The Morgan fingerprint density at radius 2 is 1.95 bits per heavy atom. The molecule has 2 rings (SSSR count). The van der Waals surface area contributed by atoms with E-state index >= 15 is 0 Å². The van der Waals surface area contributed by atoms with Crippen molar-refractivity contribution >= 4 is 17.5 Å². The highest BCUT2D eigenvalue weighted by atomic mass is 35.5. The van der Waals surface area contributed by atoms with Gasteiger partial charge in [0.1, 0.15) is 11.6 Å². The lowest BCUT2D eigenvalue weighted by molar-refractivity contribution is 0.0898. The van der Waals surface area contributed by atoms with Crippen molar-refractivity contribution in [3.05, 3.63) is 34.4 Å². The SMILES string of the molecule is NCC1(NC(=O)c2cc(F)c(Cl)cc2F)CCCC1. The number of amides is 1. The zero-order valence-electron chi connectivity index (χ0n) is 10.3. The van der Waals surface area contributed by atoms with Crippen LogP contribution in [0.25, 0.3) is 0 Å². The summed E-state index contributed by atoms with van der Waals surface area (Å²) in [6.45, 7) is 0.288. The highest BCUT2D eigenvalue weighted by molar-refractivity contribution is 6.30. The first-order valence-corrected chi connectivity index (χ1v) is 6.52. The van der Waals surface area contributed by atoms with E-state index in [0.29, 0.717) is 0 Å². The smallest absolute Gasteiger partial charge is 0.254 e. The normalized spacial score (nSPS) is 17.5. The van der Waals surface area contributed by atoms with E-state index in [4.69, 9.17) is 17.3 Å². The van der Waals surface area contributed by atoms with Gasteiger partial charge in [0.25, 0.3) is 5.91 Å². The first kappa shape index (κ1) is 14.2. The first-order chi connectivity index (χ1) is 8.97. The van der Waals surface area contributed by atoms with Gasteiger partial charge in [-0.25, -0.2) is 8.78 Å². The van der Waals surface area contributed by atoms with Crippen LogP contribution in [0.1, 0.15) is 36.0 Å². The Balaban J connectivity index is 2.22. The largest absolute Gasteiger partial charge is 0.345 e. The monoisotopic (exact) mass is 288 g/mol. The second kappa shape index (κ2) is 5.43. The van der Waals surface area contributed by atoms with Crippen molar-refractivity contribution < 1.29 is 13.6 Å². The maximum Gasteiger partial charge on any atom is 0.254 e. The van der Waals surface area contributed by atoms with E-state index in [9.17, 15) is 13.6 Å². The molecule has 1 fully saturated rings. The Morgan fingerprint density at radius 3 is 2.53 bits per heavy atom. The van der Waals surface area contributed by atoms with E-state index in [1.54, 1.807) is 0 Å². The number of hydrogen-bond acceptors (Lipinski definition) is 2. The van der Waals surface area contributed by atoms with E-state index in [1.807, 2.05) is 0 Å². The van der Waals surface area contributed by atoms with Crippen LogP contribution in [0.15, 0.2) is 12.1 Å². The molecule has 1 saturated carbocycles. The van der Waals surface area contributed by atoms with Gasteiger partial charge >= 0.3 is 0 Å². The van der Waals surface area contributed by atoms with Crippen molar-refractivity contribution in [3.8, 4) is 0 Å². The van der Waals surface area contributed by atoms with Gasteiger partial charge in [0.2, 0.25) is 0 Å². The molecule has 0 unspecified atom stereocenters. The van der Waals surface area contributed by atoms with E-state index in [1.165, 1.54) is 0 Å². The first-order valence-electron chi connectivity index (χ1n) is 6.14. The van der Waals surface area contributed by atoms with Crippen LogP contribution < -0.4 is 11.1 Å². The number of hydrogen-bond donors (Lipinski definition) is 2. The lowest BCUT2D eigenvalue weighted by atomic mass is 9.97. The number of carbonyl (C=O) groups is 1. The molecule has 6 heteroatoms. The third kappa shape index (κ3) is 2.87. The highest BCUT2D eigenvalue weighted by Crippen LogP contribution is 2.29. The van der Waals surface area contributed by atoms with Gasteiger partial charge in [-0.05, 0) is 25.0 Å². The van der Waals surface area contributed by atoms with Crippen LogP contribution in [0, 0.1) is 11.6 Å². The summed E-state index contributed by atoms with van der Waals surface area (Å²) in [5.74, 6) is -2.31. The highest BCUT2D eigenvalue weighted by Gasteiger charge is 2.34. The van der Waals surface area contributed by atoms with E-state index in [0.717, 1.165) is 37.8 Å². The molecule has 19 heavy (non-hydrogen) atoms. The number of nitrogens with two attached hydrogens (primary N) is 1. The van der Waals surface area contributed by atoms with Crippen LogP contribution in [-0.2, 0) is 0 Å². The van der Waals surface area contributed by atoms with E-state index in [2.05, 4.69) is 5.32 Å². The fraction of sp³-hybridized carbons (Fsp3) is 0.462. The minimum atomic E-state index is -0.839. The summed E-state index contributed by atoms with van der Waals surface area (Å²) in [7, 11) is 0. The van der Waals surface area contributed by atoms with Crippen molar-refractivity contribution in [2.45, 2.75) is 31.2 Å². The van der Waals surface area contributed by atoms with Gasteiger partial charge in [0.05, 0.1) is 16.1 Å². The van der Waals surface area contributed by atoms with E-state index in [-0.39, 0.29) is 17.1 Å². The molecule has 1 aliphatic rings. The second-order valence-electron chi connectivity index (χ2n) is 4.89. The van der Waals surface area contributed by atoms with Crippen LogP contribution in [0.4, 0.5) is 8.78 Å². The maximum absolute atomic E-state index is 13.6. The topological polar surface area (TPSA) is 55.1 Å². The summed E-state index contributed by atoms with van der Waals surface area (Å²) in [6, 6.07) is 1.61. The molecule has 1 aromatic carbocycles. The van der Waals surface area contributed by atoms with Gasteiger partial charge in [0, 0.05) is 6.54 Å². The molecule has 1 aromatic rings. The number of benzene rings is 1. The molecule has 0 aromatic heterocycles. The van der Waals surface area contributed by atoms with Gasteiger partial charge < -0.3 is 11.1 Å². The molecule has 0 atom stereocenters. The Labute approximate surface area is 115 Å². The standard InChI is InChI=1S/C13H15ClF2N2O/c14-9-6-10(15)8(5-11(9)16)12(19)18-13(7-17)3-1-2-4-13/h5-6H,1-4,7,17H2,(H,18,19). The van der Waals surface area contributed by atoms with Gasteiger partial charge in [-0.3, -0.25) is 4.79 Å². The third-order valence-corrected chi connectivity index (χ3v) is 3.87. The predicted octanol–water partition coefficient (Wildman–Crippen LogP) is 2.62. The molecular formula is C13H15ClF2N2O. The molecule has 0 aliphatic heterocycles. The van der Waals surface area contributed by atoms with Crippen molar-refractivity contribution in [1.82, 2.24) is 5.32 Å². The number of rotatable bonds is 3. The molecule has 0 bridgehead atoms. The summed E-state index contributed by atoms with van der Waals surface area (Å²) in [6.07, 6.45) is 3.45. The fourth-order valence-corrected chi connectivity index (χ4v) is 2.59. The fourth-order valence-electron chi connectivity index (χ4n) is 2.44. The lowest BCUT2D eigenvalue weighted by Crippen LogP contribution is -2.51. The molecule has 1 amide bonds. The van der Waals surface area contributed by atoms with Gasteiger partial charge in [-0.2, -0.15) is 0 Å². The Hall–Kier alpha value is -1.20. The Kier molecular flexibility index (Phi) is 4.06. The average Bonchev–Trinajstić information content (AvgIpc) is 2.83. The molecule has 0 saturated heterocycles. The van der Waals surface area contributed by atoms with Crippen LogP contribution in [-0.4, -0.2) is 18.0 Å². The summed E-state index contributed by atoms with van der Waals surface area (Å²) in [5.41, 5.74) is 4.84. The van der Waals surface area contributed by atoms with Gasteiger partial charge in [-0.15, -0.1) is 0 Å². The lowest BCUT2D eigenvalue weighted by Gasteiger charge is -2.28. The van der Waals surface area contributed by atoms with Crippen molar-refractivity contribution in [2.24, 2.45) is 5.73 Å². The quantitative estimate of drug-likeness (QED) is 0.840. The van der Waals surface area contributed by atoms with Gasteiger partial charge in [-0.1, -0.05) is 24.4 Å². The molecule has 0 heterocycles. The number of carbonyl (C=O) groups excluding carboxylic acids is 1. The summed E-state index contributed by atoms with van der Waals surface area (Å²) in [5, 5.41) is 2.39. The molecule has 1 aliphatic carbocycles. The minimum Gasteiger partial charge on any atom is -0.345 e. The summed E-state index contributed by atoms with van der Waals surface area (Å²) in [4.78, 5) is 12.0. The molecule has 104 valence electrons. The van der Waals surface area contributed by atoms with Crippen molar-refractivity contribution in [3.63, 3.8) is 0 Å². The van der Waals surface area contributed by atoms with Crippen LogP contribution in [0.5, 0.6) is 0 Å². The van der Waals surface area contributed by atoms with Crippen LogP contribution in [0.3, 0.4) is 0 Å². The third-order valence-electron chi connectivity index (χ3n) is 3.58. The Bertz CT molecular complexity index is 502. The molecule has 3 N–H and O–H groups in total. The summed E-state index contributed by atoms with van der Waals surface area (Å²) < 4.78 is 26.9. The van der Waals surface area contributed by atoms with Crippen LogP contribution >= 0.6 is 11.6 Å². The summed E-state index contributed by atoms with van der Waals surface area (Å²) >= 11 is 5.45. The zero-order valence-corrected chi connectivity index (χ0v) is 11.1. The zero-order chi connectivity index (χ0) is 14.0. The molecule has 3 nitrogen and oxygen atoms in total. The predicted molar refractivity (Wildman–Crippen MR) is 69.1 cm³/mol. The van der Waals surface area contributed by atoms with E-state index < -0.39 is 23.1 Å². The molecule has 0 spiro atoms.